The highest BCUT2D eigenvalue weighted by Gasteiger charge is 2.23. The number of hydrogen-bond donors (Lipinski definition) is 4. The van der Waals surface area contributed by atoms with Crippen LogP contribution in [0.25, 0.3) is 22.1 Å². The molecular formula is C42H53N13O6. The Kier molecular flexibility index (Phi) is 13.1. The van der Waals surface area contributed by atoms with E-state index in [1.165, 1.54) is 0 Å². The molecule has 2 aromatic carbocycles. The lowest BCUT2D eigenvalue weighted by atomic mass is 10.1. The first-order chi connectivity index (χ1) is 29.5. The number of allylic oxidation sites excluding steroid dienone is 2. The van der Waals surface area contributed by atoms with Crippen molar-refractivity contribution in [1.29, 1.82) is 0 Å². The number of methoxy groups -OCH3 is 1. The normalized spacial score (nSPS) is 13.4. The van der Waals surface area contributed by atoms with Crippen LogP contribution in [0.5, 0.6) is 11.5 Å². The maximum absolute atomic E-state index is 13.8. The molecule has 0 radical (unpaired) electrons. The summed E-state index contributed by atoms with van der Waals surface area (Å²) in [5.74, 6) is 0.0677. The highest BCUT2D eigenvalue weighted by molar-refractivity contribution is 6.05. The van der Waals surface area contributed by atoms with E-state index in [-0.39, 0.29) is 37.1 Å². The first-order valence-electron chi connectivity index (χ1n) is 20.4. The van der Waals surface area contributed by atoms with Gasteiger partial charge in [0.2, 0.25) is 17.8 Å². The van der Waals surface area contributed by atoms with Gasteiger partial charge in [0, 0.05) is 57.9 Å². The molecule has 1 fully saturated rings. The zero-order valence-corrected chi connectivity index (χ0v) is 35.2. The molecule has 4 aromatic heterocycles. The van der Waals surface area contributed by atoms with Gasteiger partial charge in [-0.05, 0) is 76.1 Å². The lowest BCUT2D eigenvalue weighted by Crippen LogP contribution is -2.37. The predicted molar refractivity (Wildman–Crippen MR) is 230 cm³/mol. The number of carbonyl (C=O) groups excluding carboxylic acids is 3. The van der Waals surface area contributed by atoms with Crippen molar-refractivity contribution in [1.82, 2.24) is 43.6 Å². The fourth-order valence-electron chi connectivity index (χ4n) is 7.51. The molecule has 0 spiro atoms. The minimum atomic E-state index is -0.638. The number of nitrogens with two attached hydrogens (primary N) is 2. The van der Waals surface area contributed by atoms with Crippen LogP contribution >= 0.6 is 0 Å². The second-order valence-electron chi connectivity index (χ2n) is 14.7. The summed E-state index contributed by atoms with van der Waals surface area (Å²) in [7, 11) is 1.57. The minimum absolute atomic E-state index is 0.218. The van der Waals surface area contributed by atoms with Crippen molar-refractivity contribution in [3.63, 3.8) is 0 Å². The van der Waals surface area contributed by atoms with E-state index in [1.54, 1.807) is 40.7 Å². The van der Waals surface area contributed by atoms with E-state index >= 15 is 0 Å². The first-order valence-corrected chi connectivity index (χ1v) is 20.4. The summed E-state index contributed by atoms with van der Waals surface area (Å²) in [5.41, 5.74) is 17.3. The van der Waals surface area contributed by atoms with Gasteiger partial charge in [-0.3, -0.25) is 39.3 Å². The molecule has 7 rings (SSSR count). The van der Waals surface area contributed by atoms with E-state index in [0.29, 0.717) is 89.5 Å². The average Bonchev–Trinajstić information content (AvgIpc) is 4.02. The number of nitrogens with one attached hydrogen (secondary N) is 2. The summed E-state index contributed by atoms with van der Waals surface area (Å²) in [6.45, 7) is 13.5. The number of aromatic nitrogens is 8. The molecule has 1 saturated heterocycles. The van der Waals surface area contributed by atoms with Gasteiger partial charge >= 0.3 is 0 Å². The highest BCUT2D eigenvalue weighted by atomic mass is 16.5. The van der Waals surface area contributed by atoms with Gasteiger partial charge in [-0.25, -0.2) is 9.97 Å². The lowest BCUT2D eigenvalue weighted by molar-refractivity contribution is 0.0358. The monoisotopic (exact) mass is 835 g/mol. The molecule has 19 heteroatoms. The number of primary amides is 1. The molecule has 61 heavy (non-hydrogen) atoms. The van der Waals surface area contributed by atoms with Crippen molar-refractivity contribution in [2.24, 2.45) is 11.5 Å². The number of nitrogens with zero attached hydrogens (tertiary/aromatic N) is 9. The standard InChI is InChI=1S/C42H53N13O6/c1-6-54-32(19-26(3)49-54)39(57)47-41-45-30-21-28(25-43)22-34(59-5)36(30)52(41)12-8-9-13-53-37-31(46-42(53)48-40(58)33-20-27(4)50-55(33)7-2)23-29(38(44)56)24-35(37)61-16-10-11-51-14-17-60-18-15-51/h8-9,19-24H,6-7,10-18,25,43H2,1-5H3,(H2,44,56)(H,45,47,57)(H,46,48,58)/b9-8+. The van der Waals surface area contributed by atoms with Crippen molar-refractivity contribution in [2.75, 3.05) is 57.2 Å². The number of benzene rings is 2. The summed E-state index contributed by atoms with van der Waals surface area (Å²) in [6.07, 6.45) is 4.56. The largest absolute Gasteiger partial charge is 0.494 e. The predicted octanol–water partition coefficient (Wildman–Crippen LogP) is 3.86. The van der Waals surface area contributed by atoms with Gasteiger partial charge in [-0.15, -0.1) is 0 Å². The third-order valence-corrected chi connectivity index (χ3v) is 10.5. The van der Waals surface area contributed by atoms with Gasteiger partial charge in [0.15, 0.2) is 0 Å². The van der Waals surface area contributed by atoms with Gasteiger partial charge in [0.05, 0.1) is 49.4 Å². The van der Waals surface area contributed by atoms with Crippen LogP contribution in [0.2, 0.25) is 0 Å². The van der Waals surface area contributed by atoms with Gasteiger partial charge in [-0.2, -0.15) is 10.2 Å². The SMILES string of the molecule is CCn1nc(C)cc1C(=O)Nc1nc2cc(CN)cc(OC)c2n1C/C=C/Cn1c(NC(=O)c2cc(C)nn2CC)nc2cc(C(N)=O)cc(OCCCN3CCOCC3)c21. The maximum atomic E-state index is 13.8. The third-order valence-electron chi connectivity index (χ3n) is 10.5. The van der Waals surface area contributed by atoms with Crippen LogP contribution in [-0.2, 0) is 37.5 Å². The van der Waals surface area contributed by atoms with Crippen LogP contribution in [0.4, 0.5) is 11.9 Å². The lowest BCUT2D eigenvalue weighted by Gasteiger charge is -2.26. The molecule has 0 bridgehead atoms. The number of ether oxygens (including phenoxy) is 3. The van der Waals surface area contributed by atoms with Crippen molar-refractivity contribution in [3.05, 3.63) is 82.5 Å². The number of amides is 3. The number of carbonyl (C=O) groups is 3. The Bertz CT molecular complexity index is 2590. The quantitative estimate of drug-likeness (QED) is 0.0715. The molecular weight excluding hydrogens is 783 g/mol. The summed E-state index contributed by atoms with van der Waals surface area (Å²) in [4.78, 5) is 52.0. The second-order valence-corrected chi connectivity index (χ2v) is 14.7. The second kappa shape index (κ2) is 18.8. The molecule has 0 atom stereocenters. The zero-order valence-electron chi connectivity index (χ0n) is 35.2. The zero-order chi connectivity index (χ0) is 43.2. The first kappa shape index (κ1) is 42.6. The van der Waals surface area contributed by atoms with Gasteiger partial charge < -0.3 is 34.8 Å². The minimum Gasteiger partial charge on any atom is -0.494 e. The van der Waals surface area contributed by atoms with Crippen molar-refractivity contribution in [3.8, 4) is 11.5 Å². The van der Waals surface area contributed by atoms with Crippen LogP contribution < -0.4 is 31.6 Å². The third kappa shape index (κ3) is 9.28. The molecule has 19 nitrogen and oxygen atoms in total. The van der Waals surface area contributed by atoms with Crippen LogP contribution in [0.1, 0.15) is 68.6 Å². The molecule has 0 saturated carbocycles. The molecule has 0 unspecified atom stereocenters. The van der Waals surface area contributed by atoms with E-state index in [0.717, 1.165) is 37.3 Å². The molecule has 1 aliphatic heterocycles. The Labute approximate surface area is 352 Å². The molecule has 6 N–H and O–H groups in total. The van der Waals surface area contributed by atoms with Crippen molar-refractivity contribution in [2.45, 2.75) is 66.8 Å². The molecule has 3 amide bonds. The Morgan fingerprint density at radius 2 is 1.36 bits per heavy atom. The summed E-state index contributed by atoms with van der Waals surface area (Å²) in [5, 5.41) is 14.9. The van der Waals surface area contributed by atoms with Gasteiger partial charge in [-0.1, -0.05) is 12.2 Å². The number of aryl methyl sites for hydroxylation is 4. The average molecular weight is 836 g/mol. The fraction of sp³-hybridized carbons (Fsp3) is 0.405. The summed E-state index contributed by atoms with van der Waals surface area (Å²) < 4.78 is 24.6. The van der Waals surface area contributed by atoms with E-state index in [1.807, 2.05) is 61.1 Å². The molecule has 6 aromatic rings. The Balaban J connectivity index is 1.24. The molecule has 5 heterocycles. The number of imidazole rings is 2. The molecule has 322 valence electrons. The van der Waals surface area contributed by atoms with Gasteiger partial charge in [0.1, 0.15) is 33.9 Å². The number of rotatable bonds is 18. The van der Waals surface area contributed by atoms with E-state index in [2.05, 4.69) is 25.7 Å². The Morgan fingerprint density at radius 3 is 1.89 bits per heavy atom. The van der Waals surface area contributed by atoms with Crippen LogP contribution in [0, 0.1) is 13.8 Å². The van der Waals surface area contributed by atoms with E-state index < -0.39 is 11.8 Å². The summed E-state index contributed by atoms with van der Waals surface area (Å²) >= 11 is 0. The Hall–Kier alpha value is -6.57. The highest BCUT2D eigenvalue weighted by Crippen LogP contribution is 2.33. The summed E-state index contributed by atoms with van der Waals surface area (Å²) in [6, 6.07) is 10.4. The number of hydrogen-bond acceptors (Lipinski definition) is 12. The molecule has 0 aliphatic carbocycles. The van der Waals surface area contributed by atoms with Crippen LogP contribution in [0.15, 0.2) is 48.6 Å². The molecule has 1 aliphatic rings. The van der Waals surface area contributed by atoms with E-state index in [9.17, 15) is 14.4 Å². The van der Waals surface area contributed by atoms with E-state index in [4.69, 9.17) is 35.6 Å². The number of morpholine rings is 1. The van der Waals surface area contributed by atoms with Crippen molar-refractivity contribution >= 4 is 51.7 Å². The fourth-order valence-corrected chi connectivity index (χ4v) is 7.51. The van der Waals surface area contributed by atoms with Crippen LogP contribution in [-0.4, -0.2) is 108 Å². The smallest absolute Gasteiger partial charge is 0.276 e. The van der Waals surface area contributed by atoms with Crippen LogP contribution in [0.3, 0.4) is 0 Å². The van der Waals surface area contributed by atoms with Crippen molar-refractivity contribution < 1.29 is 28.6 Å². The Morgan fingerprint density at radius 1 is 0.803 bits per heavy atom. The number of anilines is 2. The van der Waals surface area contributed by atoms with Gasteiger partial charge in [0.25, 0.3) is 11.8 Å². The topological polar surface area (TPSA) is 230 Å². The maximum Gasteiger partial charge on any atom is 0.276 e. The number of fused-ring (bicyclic) bond motifs is 2.